The van der Waals surface area contributed by atoms with Crippen molar-refractivity contribution in [2.24, 2.45) is 0 Å². The van der Waals surface area contributed by atoms with Gasteiger partial charge in [0.1, 0.15) is 5.82 Å². The Morgan fingerprint density at radius 1 is 1.41 bits per heavy atom. The summed E-state index contributed by atoms with van der Waals surface area (Å²) in [5, 5.41) is 8.79. The zero-order valence-corrected chi connectivity index (χ0v) is 10.2. The average molecular weight is 239 g/mol. The third-order valence-electron chi connectivity index (χ3n) is 2.85. The maximum absolute atomic E-state index is 12.7. The van der Waals surface area contributed by atoms with Crippen molar-refractivity contribution in [2.45, 2.75) is 32.4 Å². The van der Waals surface area contributed by atoms with Crippen molar-refractivity contribution in [3.8, 4) is 0 Å². The number of rotatable bonds is 6. The van der Waals surface area contributed by atoms with Gasteiger partial charge in [-0.2, -0.15) is 0 Å². The van der Waals surface area contributed by atoms with Gasteiger partial charge in [0.25, 0.3) is 0 Å². The van der Waals surface area contributed by atoms with Gasteiger partial charge >= 0.3 is 5.97 Å². The molecule has 1 aromatic carbocycles. The molecule has 0 aliphatic rings. The Kier molecular flexibility index (Phi) is 5.10. The molecule has 1 atom stereocenters. The largest absolute Gasteiger partial charge is 0.481 e. The summed E-state index contributed by atoms with van der Waals surface area (Å²) >= 11 is 0. The molecule has 4 heteroatoms. The van der Waals surface area contributed by atoms with Gasteiger partial charge in [-0.25, -0.2) is 4.39 Å². The van der Waals surface area contributed by atoms with Crippen LogP contribution >= 0.6 is 0 Å². The minimum atomic E-state index is -0.789. The van der Waals surface area contributed by atoms with Crippen LogP contribution in [0, 0.1) is 5.82 Å². The molecule has 1 aromatic rings. The van der Waals surface area contributed by atoms with Crippen LogP contribution in [-0.4, -0.2) is 29.1 Å². The first-order valence-corrected chi connectivity index (χ1v) is 5.69. The quantitative estimate of drug-likeness (QED) is 0.829. The monoisotopic (exact) mass is 239 g/mol. The second-order valence-electron chi connectivity index (χ2n) is 4.20. The molecular formula is C13H18FNO2. The number of hydrogen-bond acceptors (Lipinski definition) is 2. The van der Waals surface area contributed by atoms with Crippen LogP contribution in [0.25, 0.3) is 0 Å². The number of nitrogens with zero attached hydrogens (tertiary/aromatic N) is 1. The first-order chi connectivity index (χ1) is 8.02. The van der Waals surface area contributed by atoms with Gasteiger partial charge in [-0.1, -0.05) is 19.1 Å². The molecule has 0 spiro atoms. The van der Waals surface area contributed by atoms with E-state index in [2.05, 4.69) is 0 Å². The molecule has 0 heterocycles. The molecule has 0 radical (unpaired) electrons. The first kappa shape index (κ1) is 13.6. The van der Waals surface area contributed by atoms with Crippen LogP contribution in [-0.2, 0) is 11.3 Å². The highest BCUT2D eigenvalue weighted by molar-refractivity contribution is 5.67. The van der Waals surface area contributed by atoms with E-state index in [1.165, 1.54) is 12.1 Å². The normalized spacial score (nSPS) is 12.7. The summed E-state index contributed by atoms with van der Waals surface area (Å²) in [7, 11) is 1.89. The van der Waals surface area contributed by atoms with Gasteiger partial charge in [-0.05, 0) is 31.2 Å². The van der Waals surface area contributed by atoms with E-state index in [0.29, 0.717) is 6.54 Å². The van der Waals surface area contributed by atoms with Crippen molar-refractivity contribution in [3.05, 3.63) is 35.6 Å². The van der Waals surface area contributed by atoms with Crippen molar-refractivity contribution >= 4 is 5.97 Å². The zero-order valence-electron chi connectivity index (χ0n) is 10.2. The number of hydrogen-bond donors (Lipinski definition) is 1. The fourth-order valence-corrected chi connectivity index (χ4v) is 1.82. The third kappa shape index (κ3) is 4.53. The van der Waals surface area contributed by atoms with E-state index in [4.69, 9.17) is 5.11 Å². The molecule has 94 valence electrons. The summed E-state index contributed by atoms with van der Waals surface area (Å²) in [6, 6.07) is 6.29. The highest BCUT2D eigenvalue weighted by Gasteiger charge is 2.16. The van der Waals surface area contributed by atoms with Crippen LogP contribution in [0.1, 0.15) is 25.3 Å². The Balaban J connectivity index is 2.60. The van der Waals surface area contributed by atoms with Gasteiger partial charge in [0.2, 0.25) is 0 Å². The van der Waals surface area contributed by atoms with Gasteiger partial charge in [-0.3, -0.25) is 9.69 Å². The second kappa shape index (κ2) is 6.35. The van der Waals surface area contributed by atoms with E-state index in [1.54, 1.807) is 12.1 Å². The van der Waals surface area contributed by atoms with E-state index in [0.717, 1.165) is 12.0 Å². The Hall–Kier alpha value is -1.42. The second-order valence-corrected chi connectivity index (χ2v) is 4.20. The Morgan fingerprint density at radius 2 is 2.00 bits per heavy atom. The molecule has 0 aromatic heterocycles. The smallest absolute Gasteiger partial charge is 0.304 e. The molecule has 0 aliphatic heterocycles. The predicted octanol–water partition coefficient (Wildman–Crippen LogP) is 2.51. The molecule has 0 aliphatic carbocycles. The molecule has 17 heavy (non-hydrogen) atoms. The lowest BCUT2D eigenvalue weighted by atomic mass is 10.1. The minimum absolute atomic E-state index is 0.0116. The fourth-order valence-electron chi connectivity index (χ4n) is 1.82. The summed E-state index contributed by atoms with van der Waals surface area (Å²) in [6.45, 7) is 2.60. The molecule has 1 unspecified atom stereocenters. The summed E-state index contributed by atoms with van der Waals surface area (Å²) in [5.74, 6) is -1.04. The Morgan fingerprint density at radius 3 is 2.47 bits per heavy atom. The molecule has 0 fully saturated rings. The standard InChI is InChI=1S/C13H18FNO2/c1-3-12(8-13(16)17)15(2)9-10-4-6-11(14)7-5-10/h4-7,12H,3,8-9H2,1-2H3,(H,16,17). The molecule has 0 bridgehead atoms. The van der Waals surface area contributed by atoms with E-state index in [9.17, 15) is 9.18 Å². The Labute approximate surface area is 101 Å². The van der Waals surface area contributed by atoms with Crippen molar-refractivity contribution in [3.63, 3.8) is 0 Å². The van der Waals surface area contributed by atoms with Gasteiger partial charge < -0.3 is 5.11 Å². The zero-order chi connectivity index (χ0) is 12.8. The summed E-state index contributed by atoms with van der Waals surface area (Å²) < 4.78 is 12.7. The summed E-state index contributed by atoms with van der Waals surface area (Å²) in [4.78, 5) is 12.7. The molecule has 3 nitrogen and oxygen atoms in total. The molecule has 0 saturated heterocycles. The first-order valence-electron chi connectivity index (χ1n) is 5.69. The fraction of sp³-hybridized carbons (Fsp3) is 0.462. The van der Waals surface area contributed by atoms with Gasteiger partial charge in [0.15, 0.2) is 0 Å². The van der Waals surface area contributed by atoms with Crippen molar-refractivity contribution in [1.82, 2.24) is 4.90 Å². The SMILES string of the molecule is CCC(CC(=O)O)N(C)Cc1ccc(F)cc1. The summed E-state index contributed by atoms with van der Waals surface area (Å²) in [6.07, 6.45) is 0.915. The van der Waals surface area contributed by atoms with E-state index >= 15 is 0 Å². The minimum Gasteiger partial charge on any atom is -0.481 e. The van der Waals surface area contributed by atoms with Crippen LogP contribution in [0.4, 0.5) is 4.39 Å². The summed E-state index contributed by atoms with van der Waals surface area (Å²) in [5.41, 5.74) is 0.984. The van der Waals surface area contributed by atoms with Crippen LogP contribution in [0.3, 0.4) is 0 Å². The average Bonchev–Trinajstić information content (AvgIpc) is 2.28. The van der Waals surface area contributed by atoms with Crippen LogP contribution in [0.2, 0.25) is 0 Å². The van der Waals surface area contributed by atoms with E-state index < -0.39 is 5.97 Å². The van der Waals surface area contributed by atoms with Gasteiger partial charge in [0, 0.05) is 12.6 Å². The number of benzene rings is 1. The highest BCUT2D eigenvalue weighted by Crippen LogP contribution is 2.12. The third-order valence-corrected chi connectivity index (χ3v) is 2.85. The van der Waals surface area contributed by atoms with Crippen molar-refractivity contribution < 1.29 is 14.3 Å². The van der Waals surface area contributed by atoms with E-state index in [1.807, 2.05) is 18.9 Å². The lowest BCUT2D eigenvalue weighted by molar-refractivity contribution is -0.138. The van der Waals surface area contributed by atoms with Crippen molar-refractivity contribution in [2.75, 3.05) is 7.05 Å². The number of halogens is 1. The maximum Gasteiger partial charge on any atom is 0.304 e. The highest BCUT2D eigenvalue weighted by atomic mass is 19.1. The van der Waals surface area contributed by atoms with E-state index in [-0.39, 0.29) is 18.3 Å². The predicted molar refractivity (Wildman–Crippen MR) is 64.2 cm³/mol. The number of aliphatic carboxylic acids is 1. The number of carboxylic acid groups (broad SMARTS) is 1. The van der Waals surface area contributed by atoms with Gasteiger partial charge in [0.05, 0.1) is 6.42 Å². The number of carboxylic acids is 1. The van der Waals surface area contributed by atoms with Crippen LogP contribution in [0.15, 0.2) is 24.3 Å². The number of carbonyl (C=O) groups is 1. The van der Waals surface area contributed by atoms with Crippen LogP contribution < -0.4 is 0 Å². The Bertz CT molecular complexity index is 364. The molecular weight excluding hydrogens is 221 g/mol. The van der Waals surface area contributed by atoms with Crippen LogP contribution in [0.5, 0.6) is 0 Å². The lowest BCUT2D eigenvalue weighted by Crippen LogP contribution is -2.32. The maximum atomic E-state index is 12.7. The lowest BCUT2D eigenvalue weighted by Gasteiger charge is -2.25. The van der Waals surface area contributed by atoms with Gasteiger partial charge in [-0.15, -0.1) is 0 Å². The molecule has 0 amide bonds. The topological polar surface area (TPSA) is 40.5 Å². The molecule has 1 rings (SSSR count). The molecule has 0 saturated carbocycles. The molecule has 1 N–H and O–H groups in total. The van der Waals surface area contributed by atoms with Crippen molar-refractivity contribution in [1.29, 1.82) is 0 Å².